The summed E-state index contributed by atoms with van der Waals surface area (Å²) in [5, 5.41) is 0. The fourth-order valence-electron chi connectivity index (χ4n) is 1.41. The van der Waals surface area contributed by atoms with Crippen LogP contribution in [0.5, 0.6) is 0 Å². The van der Waals surface area contributed by atoms with Crippen molar-refractivity contribution in [3.63, 3.8) is 0 Å². The normalized spacial score (nSPS) is 19.6. The number of rotatable bonds is 1. The average Bonchev–Trinajstić information content (AvgIpc) is 2.17. The number of carbonyl (C=O) groups is 1. The molecule has 0 saturated carbocycles. The lowest BCUT2D eigenvalue weighted by Gasteiger charge is -2.22. The van der Waals surface area contributed by atoms with Crippen LogP contribution in [0.15, 0.2) is 35.0 Å². The molecule has 1 aliphatic heterocycles. The number of esters is 1. The van der Waals surface area contributed by atoms with Gasteiger partial charge in [0, 0.05) is 10.0 Å². The molecule has 0 fully saturated rings. The number of aryl methyl sites for hydroxylation is 1. The quantitative estimate of drug-likeness (QED) is 0.735. The van der Waals surface area contributed by atoms with Crippen molar-refractivity contribution < 1.29 is 14.3 Å². The smallest absolute Gasteiger partial charge is 0.337 e. The minimum atomic E-state index is -0.655. The monoisotopic (exact) mass is 268 g/mol. The molecule has 0 radical (unpaired) electrons. The number of halogens is 1. The van der Waals surface area contributed by atoms with E-state index in [1.54, 1.807) is 0 Å². The number of hydrogen-bond acceptors (Lipinski definition) is 3. The van der Waals surface area contributed by atoms with Gasteiger partial charge in [0.2, 0.25) is 0 Å². The van der Waals surface area contributed by atoms with Gasteiger partial charge in [-0.25, -0.2) is 4.79 Å². The van der Waals surface area contributed by atoms with Gasteiger partial charge in [-0.1, -0.05) is 28.1 Å². The average molecular weight is 269 g/mol. The standard InChI is InChI=1S/C11H9BrO3/c1-7-3-2-4-8(12)10(7)11-14-6-5-9(13)15-11/h2-6,11H,1H3. The first-order valence-corrected chi connectivity index (χ1v) is 5.25. The Morgan fingerprint density at radius 2 is 2.20 bits per heavy atom. The zero-order valence-electron chi connectivity index (χ0n) is 8.07. The van der Waals surface area contributed by atoms with Crippen LogP contribution < -0.4 is 0 Å². The molecule has 0 amide bonds. The van der Waals surface area contributed by atoms with E-state index in [2.05, 4.69) is 15.9 Å². The van der Waals surface area contributed by atoms with Gasteiger partial charge in [0.15, 0.2) is 0 Å². The third-order valence-electron chi connectivity index (χ3n) is 2.14. The van der Waals surface area contributed by atoms with Gasteiger partial charge in [-0.3, -0.25) is 0 Å². The van der Waals surface area contributed by atoms with Crippen LogP contribution in [0.3, 0.4) is 0 Å². The Labute approximate surface area is 95.8 Å². The molecule has 0 N–H and O–H groups in total. The molecular formula is C11H9BrO3. The van der Waals surface area contributed by atoms with E-state index in [0.717, 1.165) is 15.6 Å². The fraction of sp³-hybridized carbons (Fsp3) is 0.182. The molecule has 1 aromatic carbocycles. The van der Waals surface area contributed by atoms with Crippen LogP contribution in [0.1, 0.15) is 17.4 Å². The molecule has 1 unspecified atom stereocenters. The molecule has 0 aliphatic carbocycles. The summed E-state index contributed by atoms with van der Waals surface area (Å²) in [5.74, 6) is -0.388. The first-order chi connectivity index (χ1) is 7.18. The molecular weight excluding hydrogens is 260 g/mol. The molecule has 0 saturated heterocycles. The third-order valence-corrected chi connectivity index (χ3v) is 2.83. The van der Waals surface area contributed by atoms with Gasteiger partial charge in [0.25, 0.3) is 6.29 Å². The number of benzene rings is 1. The molecule has 0 aromatic heterocycles. The maximum atomic E-state index is 11.1. The van der Waals surface area contributed by atoms with Crippen molar-refractivity contribution in [2.75, 3.05) is 0 Å². The summed E-state index contributed by atoms with van der Waals surface area (Å²) in [6, 6.07) is 5.75. The van der Waals surface area contributed by atoms with E-state index in [9.17, 15) is 4.79 Å². The zero-order valence-corrected chi connectivity index (χ0v) is 9.65. The molecule has 1 aliphatic rings. The highest BCUT2D eigenvalue weighted by Crippen LogP contribution is 2.31. The van der Waals surface area contributed by atoms with Crippen LogP contribution >= 0.6 is 15.9 Å². The van der Waals surface area contributed by atoms with Crippen molar-refractivity contribution in [2.45, 2.75) is 13.2 Å². The second-order valence-electron chi connectivity index (χ2n) is 3.18. The van der Waals surface area contributed by atoms with Crippen molar-refractivity contribution in [3.8, 4) is 0 Å². The number of carbonyl (C=O) groups excluding carboxylic acids is 1. The van der Waals surface area contributed by atoms with Crippen LogP contribution in [0, 0.1) is 6.92 Å². The minimum Gasteiger partial charge on any atom is -0.458 e. The highest BCUT2D eigenvalue weighted by atomic mass is 79.9. The summed E-state index contributed by atoms with van der Waals surface area (Å²) < 4.78 is 11.2. The van der Waals surface area contributed by atoms with Crippen LogP contribution in [0.2, 0.25) is 0 Å². The molecule has 3 nitrogen and oxygen atoms in total. The number of hydrogen-bond donors (Lipinski definition) is 0. The van der Waals surface area contributed by atoms with Gasteiger partial charge >= 0.3 is 5.97 Å². The lowest BCUT2D eigenvalue weighted by Crippen LogP contribution is -2.16. The molecule has 0 spiro atoms. The topological polar surface area (TPSA) is 35.5 Å². The van der Waals surface area contributed by atoms with Crippen LogP contribution in [0.25, 0.3) is 0 Å². The largest absolute Gasteiger partial charge is 0.458 e. The molecule has 0 bridgehead atoms. The van der Waals surface area contributed by atoms with Crippen molar-refractivity contribution in [1.29, 1.82) is 0 Å². The summed E-state index contributed by atoms with van der Waals surface area (Å²) in [6.07, 6.45) is 1.95. The second kappa shape index (κ2) is 4.06. The van der Waals surface area contributed by atoms with E-state index in [-0.39, 0.29) is 5.97 Å². The molecule has 1 aromatic rings. The Balaban J connectivity index is 2.37. The fourth-order valence-corrected chi connectivity index (χ4v) is 2.06. The van der Waals surface area contributed by atoms with E-state index < -0.39 is 6.29 Å². The van der Waals surface area contributed by atoms with Gasteiger partial charge in [0.1, 0.15) is 0 Å². The number of cyclic esters (lactones) is 1. The van der Waals surface area contributed by atoms with Gasteiger partial charge in [-0.2, -0.15) is 0 Å². The Bertz CT molecular complexity index is 406. The Morgan fingerprint density at radius 3 is 2.87 bits per heavy atom. The second-order valence-corrected chi connectivity index (χ2v) is 4.03. The molecule has 1 heterocycles. The van der Waals surface area contributed by atoms with E-state index in [1.807, 2.05) is 25.1 Å². The molecule has 1 atom stereocenters. The highest BCUT2D eigenvalue weighted by molar-refractivity contribution is 9.10. The summed E-state index contributed by atoms with van der Waals surface area (Å²) in [7, 11) is 0. The predicted molar refractivity (Wildman–Crippen MR) is 57.9 cm³/mol. The van der Waals surface area contributed by atoms with Crippen molar-refractivity contribution >= 4 is 21.9 Å². The molecule has 78 valence electrons. The van der Waals surface area contributed by atoms with Crippen molar-refractivity contribution in [1.82, 2.24) is 0 Å². The lowest BCUT2D eigenvalue weighted by atomic mass is 10.1. The van der Waals surface area contributed by atoms with Crippen molar-refractivity contribution in [3.05, 3.63) is 46.1 Å². The van der Waals surface area contributed by atoms with Crippen LogP contribution in [0.4, 0.5) is 0 Å². The van der Waals surface area contributed by atoms with E-state index in [4.69, 9.17) is 9.47 Å². The van der Waals surface area contributed by atoms with E-state index in [1.165, 1.54) is 12.3 Å². The Kier molecular flexibility index (Phi) is 2.77. The highest BCUT2D eigenvalue weighted by Gasteiger charge is 2.23. The van der Waals surface area contributed by atoms with Gasteiger partial charge in [0.05, 0.1) is 12.3 Å². The summed E-state index contributed by atoms with van der Waals surface area (Å²) in [5.41, 5.74) is 1.85. The molecule has 4 heteroatoms. The van der Waals surface area contributed by atoms with Gasteiger partial charge < -0.3 is 9.47 Å². The first-order valence-electron chi connectivity index (χ1n) is 4.46. The predicted octanol–water partition coefficient (Wildman–Crippen LogP) is 2.84. The minimum absolute atomic E-state index is 0.388. The van der Waals surface area contributed by atoms with Crippen LogP contribution in [-0.4, -0.2) is 5.97 Å². The van der Waals surface area contributed by atoms with Crippen molar-refractivity contribution in [2.24, 2.45) is 0 Å². The summed E-state index contributed by atoms with van der Waals surface area (Å²) in [4.78, 5) is 11.1. The SMILES string of the molecule is Cc1cccc(Br)c1C1OC=CC(=O)O1. The summed E-state index contributed by atoms with van der Waals surface area (Å²) >= 11 is 3.41. The number of ether oxygens (including phenoxy) is 2. The van der Waals surface area contributed by atoms with Gasteiger partial charge in [-0.05, 0) is 18.6 Å². The third kappa shape index (κ3) is 2.04. The van der Waals surface area contributed by atoms with E-state index in [0.29, 0.717) is 0 Å². The maximum absolute atomic E-state index is 11.1. The van der Waals surface area contributed by atoms with E-state index >= 15 is 0 Å². The Hall–Kier alpha value is -1.29. The Morgan fingerprint density at radius 1 is 1.40 bits per heavy atom. The zero-order chi connectivity index (χ0) is 10.8. The van der Waals surface area contributed by atoms with Crippen LogP contribution in [-0.2, 0) is 14.3 Å². The molecule has 2 rings (SSSR count). The first kappa shape index (κ1) is 10.2. The summed E-state index contributed by atoms with van der Waals surface area (Å²) in [6.45, 7) is 1.94. The lowest BCUT2D eigenvalue weighted by molar-refractivity contribution is -0.170. The van der Waals surface area contributed by atoms with Gasteiger partial charge in [-0.15, -0.1) is 0 Å². The maximum Gasteiger partial charge on any atom is 0.337 e. The molecule has 15 heavy (non-hydrogen) atoms.